The number of sulfonamides is 2. The lowest BCUT2D eigenvalue weighted by Crippen LogP contribution is -2.35. The highest BCUT2D eigenvalue weighted by Gasteiger charge is 2.26. The van der Waals surface area contributed by atoms with Gasteiger partial charge in [-0.15, -0.1) is 0 Å². The molecule has 39 heavy (non-hydrogen) atoms. The molecule has 12 heteroatoms. The van der Waals surface area contributed by atoms with Crippen molar-refractivity contribution >= 4 is 43.2 Å². The summed E-state index contributed by atoms with van der Waals surface area (Å²) in [5.74, 6) is -0.0334. The lowest BCUT2D eigenvalue weighted by atomic mass is 10.2. The smallest absolute Gasteiger partial charge is 0.263 e. The fourth-order valence-corrected chi connectivity index (χ4v) is 7.18. The summed E-state index contributed by atoms with van der Waals surface area (Å²) in [6.45, 7) is 3.22. The van der Waals surface area contributed by atoms with Gasteiger partial charge in [-0.2, -0.15) is 4.31 Å². The quantitative estimate of drug-likeness (QED) is 0.336. The molecule has 0 radical (unpaired) electrons. The van der Waals surface area contributed by atoms with Crippen LogP contribution >= 0.6 is 11.6 Å². The topological polar surface area (TPSA) is 122 Å². The largest absolute Gasteiger partial charge is 0.492 e. The molecular formula is C27H30ClN3O6S2. The van der Waals surface area contributed by atoms with E-state index in [2.05, 4.69) is 10.0 Å². The first-order valence-corrected chi connectivity index (χ1v) is 15.8. The van der Waals surface area contributed by atoms with Crippen LogP contribution in [0.25, 0.3) is 0 Å². The van der Waals surface area contributed by atoms with E-state index in [1.807, 2.05) is 6.92 Å². The molecule has 0 aliphatic carbocycles. The van der Waals surface area contributed by atoms with E-state index in [0.717, 1.165) is 24.8 Å². The number of ether oxygens (including phenoxy) is 1. The fourth-order valence-electron chi connectivity index (χ4n) is 4.08. The second-order valence-electron chi connectivity index (χ2n) is 9.16. The van der Waals surface area contributed by atoms with Crippen molar-refractivity contribution in [3.8, 4) is 5.75 Å². The van der Waals surface area contributed by atoms with Gasteiger partial charge in [0.1, 0.15) is 17.3 Å². The summed E-state index contributed by atoms with van der Waals surface area (Å²) in [6, 6.07) is 17.0. The molecular weight excluding hydrogens is 562 g/mol. The van der Waals surface area contributed by atoms with Crippen molar-refractivity contribution < 1.29 is 26.4 Å². The summed E-state index contributed by atoms with van der Waals surface area (Å²) in [4.78, 5) is 12.7. The van der Waals surface area contributed by atoms with Crippen molar-refractivity contribution in [3.63, 3.8) is 0 Å². The molecule has 2 N–H and O–H groups in total. The lowest BCUT2D eigenvalue weighted by Gasteiger charge is -2.25. The van der Waals surface area contributed by atoms with Gasteiger partial charge >= 0.3 is 0 Å². The van der Waals surface area contributed by atoms with E-state index >= 15 is 0 Å². The van der Waals surface area contributed by atoms with Crippen LogP contribution in [0.4, 0.5) is 5.69 Å². The van der Waals surface area contributed by atoms with Crippen molar-refractivity contribution in [3.05, 3.63) is 82.9 Å². The van der Waals surface area contributed by atoms with E-state index in [1.54, 1.807) is 36.4 Å². The van der Waals surface area contributed by atoms with Crippen LogP contribution in [-0.2, 0) is 20.0 Å². The number of nitrogens with one attached hydrogen (secondary N) is 2. The molecule has 0 aromatic heterocycles. The minimum atomic E-state index is -4.03. The Hall–Kier alpha value is -3.12. The van der Waals surface area contributed by atoms with Gasteiger partial charge in [-0.25, -0.2) is 16.8 Å². The Labute approximate surface area is 234 Å². The van der Waals surface area contributed by atoms with Gasteiger partial charge in [0, 0.05) is 24.3 Å². The maximum absolute atomic E-state index is 12.9. The maximum atomic E-state index is 12.9. The van der Waals surface area contributed by atoms with E-state index in [4.69, 9.17) is 16.3 Å². The highest BCUT2D eigenvalue weighted by molar-refractivity contribution is 7.92. The van der Waals surface area contributed by atoms with Gasteiger partial charge in [0.2, 0.25) is 10.0 Å². The van der Waals surface area contributed by atoms with E-state index in [1.165, 1.54) is 34.6 Å². The van der Waals surface area contributed by atoms with Crippen molar-refractivity contribution in [2.24, 2.45) is 0 Å². The van der Waals surface area contributed by atoms with Crippen LogP contribution in [-0.4, -0.2) is 53.3 Å². The Morgan fingerprint density at radius 3 is 2.26 bits per heavy atom. The molecule has 1 saturated heterocycles. The predicted molar refractivity (Wildman–Crippen MR) is 150 cm³/mol. The standard InChI is InChI=1S/C27H30ClN3O6S2/c1-20-5-8-22(9-6-20)30-38(33,34)26-19-21(7-14-25(26)28)27(32)29-15-18-37-23-10-12-24(13-11-23)39(35,36)31-16-3-2-4-17-31/h5-14,19,30H,2-4,15-18H2,1H3,(H,29,32). The van der Waals surface area contributed by atoms with Crippen molar-refractivity contribution in [2.45, 2.75) is 36.0 Å². The number of hydrogen-bond acceptors (Lipinski definition) is 6. The number of aryl methyl sites for hydroxylation is 1. The van der Waals surface area contributed by atoms with Gasteiger partial charge in [-0.05, 0) is 74.4 Å². The average Bonchev–Trinajstić information content (AvgIpc) is 2.93. The highest BCUT2D eigenvalue weighted by Crippen LogP contribution is 2.26. The van der Waals surface area contributed by atoms with E-state index in [0.29, 0.717) is 24.5 Å². The zero-order valence-corrected chi connectivity index (χ0v) is 23.8. The maximum Gasteiger partial charge on any atom is 0.263 e. The molecule has 3 aromatic rings. The molecule has 1 heterocycles. The van der Waals surface area contributed by atoms with Crippen molar-refractivity contribution in [2.75, 3.05) is 31.0 Å². The summed E-state index contributed by atoms with van der Waals surface area (Å²) in [5, 5.41) is 2.66. The van der Waals surface area contributed by atoms with Gasteiger partial charge in [-0.1, -0.05) is 35.7 Å². The van der Waals surface area contributed by atoms with Crippen LogP contribution < -0.4 is 14.8 Å². The number of amides is 1. The Bertz CT molecular complexity index is 1520. The summed E-state index contributed by atoms with van der Waals surface area (Å²) < 4.78 is 60.9. The molecule has 4 rings (SSSR count). The van der Waals surface area contributed by atoms with Crippen LogP contribution in [0.15, 0.2) is 76.5 Å². The van der Waals surface area contributed by atoms with Crippen molar-refractivity contribution in [1.82, 2.24) is 9.62 Å². The molecule has 1 aliphatic heterocycles. The normalized spacial score (nSPS) is 14.5. The second kappa shape index (κ2) is 12.4. The number of carbonyl (C=O) groups is 1. The minimum Gasteiger partial charge on any atom is -0.492 e. The Morgan fingerprint density at radius 2 is 1.59 bits per heavy atom. The Kier molecular flexibility index (Phi) is 9.16. The number of carbonyl (C=O) groups excluding carboxylic acids is 1. The number of rotatable bonds is 10. The van der Waals surface area contributed by atoms with Crippen molar-refractivity contribution in [1.29, 1.82) is 0 Å². The van der Waals surface area contributed by atoms with Crippen LogP contribution in [0.3, 0.4) is 0 Å². The second-order valence-corrected chi connectivity index (χ2v) is 13.2. The van der Waals surface area contributed by atoms with Gasteiger partial charge in [0.15, 0.2) is 0 Å². The van der Waals surface area contributed by atoms with Gasteiger partial charge in [-0.3, -0.25) is 9.52 Å². The summed E-state index contributed by atoms with van der Waals surface area (Å²) >= 11 is 6.14. The molecule has 0 bridgehead atoms. The lowest BCUT2D eigenvalue weighted by molar-refractivity contribution is 0.0946. The molecule has 208 valence electrons. The number of hydrogen-bond donors (Lipinski definition) is 2. The molecule has 0 unspecified atom stereocenters. The van der Waals surface area contributed by atoms with Gasteiger partial charge < -0.3 is 10.1 Å². The van der Waals surface area contributed by atoms with E-state index in [-0.39, 0.29) is 33.5 Å². The first-order valence-electron chi connectivity index (χ1n) is 12.5. The highest BCUT2D eigenvalue weighted by atomic mass is 35.5. The SMILES string of the molecule is Cc1ccc(NS(=O)(=O)c2cc(C(=O)NCCOc3ccc(S(=O)(=O)N4CCCCC4)cc3)ccc2Cl)cc1. The Balaban J connectivity index is 1.32. The van der Waals surface area contributed by atoms with Crippen LogP contribution in [0.5, 0.6) is 5.75 Å². The third kappa shape index (κ3) is 7.30. The fraction of sp³-hybridized carbons (Fsp3) is 0.296. The molecule has 0 atom stereocenters. The zero-order valence-electron chi connectivity index (χ0n) is 21.4. The molecule has 0 saturated carbocycles. The van der Waals surface area contributed by atoms with Crippen LogP contribution in [0.1, 0.15) is 35.2 Å². The minimum absolute atomic E-state index is 0.0137. The van der Waals surface area contributed by atoms with E-state index in [9.17, 15) is 21.6 Å². The summed E-state index contributed by atoms with van der Waals surface area (Å²) in [5.41, 5.74) is 1.48. The third-order valence-electron chi connectivity index (χ3n) is 6.22. The summed E-state index contributed by atoms with van der Waals surface area (Å²) in [6.07, 6.45) is 2.77. The Morgan fingerprint density at radius 1 is 0.923 bits per heavy atom. The predicted octanol–water partition coefficient (Wildman–Crippen LogP) is 4.43. The molecule has 1 fully saturated rings. The van der Waals surface area contributed by atoms with Crippen LogP contribution in [0.2, 0.25) is 5.02 Å². The third-order valence-corrected chi connectivity index (χ3v) is 10.00. The molecule has 3 aromatic carbocycles. The molecule has 1 amide bonds. The first-order chi connectivity index (χ1) is 18.6. The van der Waals surface area contributed by atoms with Gasteiger partial charge in [0.05, 0.1) is 16.5 Å². The summed E-state index contributed by atoms with van der Waals surface area (Å²) in [7, 11) is -7.55. The molecule has 0 spiro atoms. The van der Waals surface area contributed by atoms with Crippen LogP contribution in [0, 0.1) is 6.92 Å². The first kappa shape index (κ1) is 28.9. The number of halogens is 1. The zero-order chi connectivity index (χ0) is 28.0. The molecule has 9 nitrogen and oxygen atoms in total. The number of nitrogens with zero attached hydrogens (tertiary/aromatic N) is 1. The van der Waals surface area contributed by atoms with Gasteiger partial charge in [0.25, 0.3) is 15.9 Å². The number of benzene rings is 3. The monoisotopic (exact) mass is 591 g/mol. The number of piperidine rings is 1. The number of anilines is 1. The van der Waals surface area contributed by atoms with E-state index < -0.39 is 26.0 Å². The average molecular weight is 592 g/mol. The molecule has 1 aliphatic rings.